The summed E-state index contributed by atoms with van der Waals surface area (Å²) in [6.45, 7) is 0. The van der Waals surface area contributed by atoms with Crippen LogP contribution in [0.4, 0.5) is 4.39 Å². The topological polar surface area (TPSA) is 23.8 Å². The third kappa shape index (κ3) is 3.73. The van der Waals surface area contributed by atoms with Crippen molar-refractivity contribution in [2.75, 3.05) is 0 Å². The predicted octanol–water partition coefficient (Wildman–Crippen LogP) is 4.78. The van der Waals surface area contributed by atoms with Crippen LogP contribution in [0.2, 0.25) is 5.02 Å². The molecule has 2 aromatic carbocycles. The van der Waals surface area contributed by atoms with E-state index in [9.17, 15) is 4.39 Å². The van der Waals surface area contributed by atoms with Gasteiger partial charge < -0.3 is 0 Å². The van der Waals surface area contributed by atoms with E-state index >= 15 is 0 Å². The summed E-state index contributed by atoms with van der Waals surface area (Å²) in [6, 6.07) is 14.4. The molecule has 0 aliphatic heterocycles. The molecule has 0 saturated carbocycles. The van der Waals surface area contributed by atoms with Crippen LogP contribution in [-0.4, -0.2) is 0 Å². The Kier molecular flexibility index (Phi) is 4.84. The van der Waals surface area contributed by atoms with Crippen molar-refractivity contribution in [1.29, 1.82) is 5.26 Å². The van der Waals surface area contributed by atoms with E-state index in [1.165, 1.54) is 6.07 Å². The number of benzene rings is 2. The lowest BCUT2D eigenvalue weighted by Gasteiger charge is -2.05. The maximum absolute atomic E-state index is 13.8. The lowest BCUT2D eigenvalue weighted by atomic mass is 10.1. The number of nitriles is 1. The van der Waals surface area contributed by atoms with Crippen molar-refractivity contribution in [3.8, 4) is 6.07 Å². The summed E-state index contributed by atoms with van der Waals surface area (Å²) in [5, 5.41) is 9.47. The van der Waals surface area contributed by atoms with Gasteiger partial charge in [-0.1, -0.05) is 35.9 Å². The van der Waals surface area contributed by atoms with Gasteiger partial charge in [-0.2, -0.15) is 17.0 Å². The molecule has 4 heteroatoms. The van der Waals surface area contributed by atoms with Crippen LogP contribution in [0.25, 0.3) is 0 Å². The fourth-order valence-electron chi connectivity index (χ4n) is 1.64. The van der Waals surface area contributed by atoms with Crippen LogP contribution in [0.3, 0.4) is 0 Å². The van der Waals surface area contributed by atoms with Crippen LogP contribution in [0.5, 0.6) is 0 Å². The highest BCUT2D eigenvalue weighted by Gasteiger charge is 2.07. The van der Waals surface area contributed by atoms with Gasteiger partial charge in [0.05, 0.1) is 5.56 Å². The minimum absolute atomic E-state index is 0.101. The van der Waals surface area contributed by atoms with Crippen LogP contribution in [0.1, 0.15) is 16.7 Å². The largest absolute Gasteiger partial charge is 0.205 e. The molecule has 0 unspecified atom stereocenters. The Hall–Kier alpha value is -1.50. The first-order chi connectivity index (χ1) is 9.20. The SMILES string of the molecule is N#Cc1cccc(CSCc2ccc(Cl)cc2)c1F. The van der Waals surface area contributed by atoms with Crippen molar-refractivity contribution in [3.05, 3.63) is 70.0 Å². The van der Waals surface area contributed by atoms with Crippen LogP contribution in [-0.2, 0) is 11.5 Å². The van der Waals surface area contributed by atoms with Crippen LogP contribution >= 0.6 is 23.4 Å². The van der Waals surface area contributed by atoms with Crippen molar-refractivity contribution in [1.82, 2.24) is 0 Å². The van der Waals surface area contributed by atoms with Crippen molar-refractivity contribution in [3.63, 3.8) is 0 Å². The van der Waals surface area contributed by atoms with Gasteiger partial charge in [0, 0.05) is 16.5 Å². The fourth-order valence-corrected chi connectivity index (χ4v) is 2.74. The van der Waals surface area contributed by atoms with Gasteiger partial charge in [-0.15, -0.1) is 0 Å². The normalized spacial score (nSPS) is 10.2. The fraction of sp³-hybridized carbons (Fsp3) is 0.133. The molecule has 0 aromatic heterocycles. The third-order valence-electron chi connectivity index (χ3n) is 2.64. The first-order valence-corrected chi connectivity index (χ1v) is 7.23. The van der Waals surface area contributed by atoms with E-state index in [-0.39, 0.29) is 5.56 Å². The zero-order chi connectivity index (χ0) is 13.7. The summed E-state index contributed by atoms with van der Waals surface area (Å²) >= 11 is 7.41. The molecule has 96 valence electrons. The average molecular weight is 292 g/mol. The van der Waals surface area contributed by atoms with Gasteiger partial charge in [-0.25, -0.2) is 4.39 Å². The summed E-state index contributed by atoms with van der Waals surface area (Å²) in [7, 11) is 0. The quantitative estimate of drug-likeness (QED) is 0.809. The third-order valence-corrected chi connectivity index (χ3v) is 3.94. The maximum Gasteiger partial charge on any atom is 0.144 e. The molecule has 0 bridgehead atoms. The van der Waals surface area contributed by atoms with E-state index in [4.69, 9.17) is 16.9 Å². The molecule has 0 amide bonds. The Morgan fingerprint density at radius 2 is 1.84 bits per heavy atom. The standard InChI is InChI=1S/C15H11ClFNS/c16-14-6-4-11(5-7-14)9-19-10-13-3-1-2-12(8-18)15(13)17/h1-7H,9-10H2. The summed E-state index contributed by atoms with van der Waals surface area (Å²) in [4.78, 5) is 0. The molecule has 0 spiro atoms. The molecular formula is C15H11ClFNS. The number of nitrogens with zero attached hydrogens (tertiary/aromatic N) is 1. The molecule has 2 rings (SSSR count). The number of halogens is 2. The molecule has 0 N–H and O–H groups in total. The minimum Gasteiger partial charge on any atom is -0.205 e. The number of thioether (sulfide) groups is 1. The molecule has 2 aromatic rings. The second-order valence-corrected chi connectivity index (χ2v) is 5.43. The lowest BCUT2D eigenvalue weighted by Crippen LogP contribution is -1.92. The van der Waals surface area contributed by atoms with Crippen molar-refractivity contribution in [2.24, 2.45) is 0 Å². The molecule has 0 heterocycles. The van der Waals surface area contributed by atoms with Gasteiger partial charge in [-0.05, 0) is 29.3 Å². The summed E-state index contributed by atoms with van der Waals surface area (Å²) < 4.78 is 13.8. The molecule has 0 fully saturated rings. The van der Waals surface area contributed by atoms with Gasteiger partial charge in [0.2, 0.25) is 0 Å². The van der Waals surface area contributed by atoms with Gasteiger partial charge in [0.25, 0.3) is 0 Å². The maximum atomic E-state index is 13.8. The summed E-state index contributed by atoms with van der Waals surface area (Å²) in [6.07, 6.45) is 0. The van der Waals surface area contributed by atoms with E-state index in [2.05, 4.69) is 0 Å². The highest BCUT2D eigenvalue weighted by atomic mass is 35.5. The Morgan fingerprint density at radius 3 is 2.53 bits per heavy atom. The Morgan fingerprint density at radius 1 is 1.11 bits per heavy atom. The van der Waals surface area contributed by atoms with Gasteiger partial charge in [-0.3, -0.25) is 0 Å². The number of hydrogen-bond donors (Lipinski definition) is 0. The predicted molar refractivity (Wildman–Crippen MR) is 77.6 cm³/mol. The molecule has 0 aliphatic rings. The summed E-state index contributed by atoms with van der Waals surface area (Å²) in [5.41, 5.74) is 1.81. The summed E-state index contributed by atoms with van der Waals surface area (Å²) in [5.74, 6) is 0.922. The smallest absolute Gasteiger partial charge is 0.144 e. The van der Waals surface area contributed by atoms with Gasteiger partial charge in [0.1, 0.15) is 11.9 Å². The molecule has 19 heavy (non-hydrogen) atoms. The number of rotatable bonds is 4. The average Bonchev–Trinajstić information content (AvgIpc) is 2.43. The van der Waals surface area contributed by atoms with E-state index in [1.54, 1.807) is 23.9 Å². The van der Waals surface area contributed by atoms with Gasteiger partial charge in [0.15, 0.2) is 0 Å². The molecule has 0 saturated heterocycles. The first kappa shape index (κ1) is 13.9. The van der Waals surface area contributed by atoms with Crippen molar-refractivity contribution in [2.45, 2.75) is 11.5 Å². The highest BCUT2D eigenvalue weighted by molar-refractivity contribution is 7.97. The van der Waals surface area contributed by atoms with Crippen LogP contribution in [0.15, 0.2) is 42.5 Å². The number of hydrogen-bond acceptors (Lipinski definition) is 2. The molecule has 0 radical (unpaired) electrons. The van der Waals surface area contributed by atoms with Crippen LogP contribution in [0, 0.1) is 17.1 Å². The zero-order valence-corrected chi connectivity index (χ0v) is 11.6. The molecule has 0 atom stereocenters. The van der Waals surface area contributed by atoms with E-state index in [0.717, 1.165) is 11.3 Å². The Bertz CT molecular complexity index is 605. The van der Waals surface area contributed by atoms with Crippen LogP contribution < -0.4 is 0 Å². The monoisotopic (exact) mass is 291 g/mol. The second kappa shape index (κ2) is 6.60. The van der Waals surface area contributed by atoms with E-state index < -0.39 is 5.82 Å². The van der Waals surface area contributed by atoms with E-state index in [1.807, 2.05) is 30.3 Å². The molecule has 1 nitrogen and oxygen atoms in total. The van der Waals surface area contributed by atoms with Gasteiger partial charge >= 0.3 is 0 Å². The molecular weight excluding hydrogens is 281 g/mol. The Labute approximate surface area is 121 Å². The molecule has 0 aliphatic carbocycles. The Balaban J connectivity index is 1.96. The lowest BCUT2D eigenvalue weighted by molar-refractivity contribution is 0.613. The van der Waals surface area contributed by atoms with Crippen molar-refractivity contribution >= 4 is 23.4 Å². The van der Waals surface area contributed by atoms with E-state index in [0.29, 0.717) is 16.3 Å². The second-order valence-electron chi connectivity index (χ2n) is 4.01. The zero-order valence-electron chi connectivity index (χ0n) is 10.1. The minimum atomic E-state index is -0.409. The first-order valence-electron chi connectivity index (χ1n) is 5.70. The van der Waals surface area contributed by atoms with Crippen molar-refractivity contribution < 1.29 is 4.39 Å². The highest BCUT2D eigenvalue weighted by Crippen LogP contribution is 2.22.